The molecule has 0 spiro atoms. The van der Waals surface area contributed by atoms with Gasteiger partial charge in [-0.2, -0.15) is 0 Å². The monoisotopic (exact) mass is 247 g/mol. The molecule has 0 radical (unpaired) electrons. The topological polar surface area (TPSA) is 27.3 Å². The van der Waals surface area contributed by atoms with Crippen molar-refractivity contribution in [3.63, 3.8) is 0 Å². The van der Waals surface area contributed by atoms with Gasteiger partial charge < -0.3 is 15.5 Å². The Bertz CT molecular complexity index is 374. The Kier molecular flexibility index (Phi) is 4.61. The third-order valence-electron chi connectivity index (χ3n) is 3.61. The van der Waals surface area contributed by atoms with Crippen molar-refractivity contribution in [2.24, 2.45) is 0 Å². The Hall–Kier alpha value is -1.06. The van der Waals surface area contributed by atoms with Crippen molar-refractivity contribution in [1.82, 2.24) is 10.6 Å². The van der Waals surface area contributed by atoms with Crippen molar-refractivity contribution in [1.29, 1.82) is 0 Å². The van der Waals surface area contributed by atoms with Crippen LogP contribution in [-0.2, 0) is 0 Å². The quantitative estimate of drug-likeness (QED) is 0.849. The number of likely N-dealkylation sites (N-methyl/N-ethyl adjacent to an activating group) is 1. The summed E-state index contributed by atoms with van der Waals surface area (Å²) in [5, 5.41) is 6.82. The molecule has 1 aromatic rings. The molecule has 1 aliphatic heterocycles. The highest BCUT2D eigenvalue weighted by atomic mass is 15.2. The Morgan fingerprint density at radius 2 is 2.17 bits per heavy atom. The van der Waals surface area contributed by atoms with Crippen molar-refractivity contribution in [3.8, 4) is 0 Å². The van der Waals surface area contributed by atoms with E-state index in [1.807, 2.05) is 7.05 Å². The summed E-state index contributed by atoms with van der Waals surface area (Å²) in [7, 11) is 2.02. The maximum absolute atomic E-state index is 3.56. The molecule has 1 aliphatic rings. The highest BCUT2D eigenvalue weighted by molar-refractivity contribution is 5.55. The van der Waals surface area contributed by atoms with Gasteiger partial charge in [0, 0.05) is 37.9 Å². The van der Waals surface area contributed by atoms with E-state index in [2.05, 4.69) is 53.6 Å². The van der Waals surface area contributed by atoms with Crippen LogP contribution in [0.25, 0.3) is 0 Å². The molecule has 0 aliphatic carbocycles. The molecule has 18 heavy (non-hydrogen) atoms. The SMILES string of the molecule is CNCC1CN(c2ccccc2C(C)C)CCN1. The van der Waals surface area contributed by atoms with Gasteiger partial charge in [-0.3, -0.25) is 0 Å². The number of nitrogens with one attached hydrogen (secondary N) is 2. The molecule has 1 atom stereocenters. The summed E-state index contributed by atoms with van der Waals surface area (Å²) in [5.41, 5.74) is 2.87. The first-order valence-corrected chi connectivity index (χ1v) is 6.94. The summed E-state index contributed by atoms with van der Waals surface area (Å²) < 4.78 is 0. The molecule has 1 heterocycles. The highest BCUT2D eigenvalue weighted by Gasteiger charge is 2.21. The summed E-state index contributed by atoms with van der Waals surface area (Å²) in [6, 6.07) is 9.36. The normalized spacial score (nSPS) is 20.4. The molecule has 1 fully saturated rings. The minimum atomic E-state index is 0.545. The predicted octanol–water partition coefficient (Wildman–Crippen LogP) is 1.81. The molecule has 2 N–H and O–H groups in total. The zero-order chi connectivity index (χ0) is 13.0. The van der Waals surface area contributed by atoms with Crippen LogP contribution in [0.5, 0.6) is 0 Å². The zero-order valence-corrected chi connectivity index (χ0v) is 11.7. The van der Waals surface area contributed by atoms with Crippen molar-refractivity contribution < 1.29 is 0 Å². The maximum atomic E-state index is 3.56. The Morgan fingerprint density at radius 1 is 1.39 bits per heavy atom. The summed E-state index contributed by atoms with van der Waals surface area (Å²) in [5.74, 6) is 0.582. The molecule has 1 saturated heterocycles. The average Bonchev–Trinajstić information content (AvgIpc) is 2.39. The van der Waals surface area contributed by atoms with Gasteiger partial charge in [0.25, 0.3) is 0 Å². The van der Waals surface area contributed by atoms with Gasteiger partial charge in [0.05, 0.1) is 0 Å². The molecule has 1 aromatic carbocycles. The number of rotatable bonds is 4. The number of anilines is 1. The molecule has 100 valence electrons. The summed E-state index contributed by atoms with van der Waals surface area (Å²) in [4.78, 5) is 2.52. The van der Waals surface area contributed by atoms with Crippen LogP contribution in [0, 0.1) is 0 Å². The molecule has 1 unspecified atom stereocenters. The fourth-order valence-corrected chi connectivity index (χ4v) is 2.69. The van der Waals surface area contributed by atoms with Gasteiger partial charge in [0.1, 0.15) is 0 Å². The van der Waals surface area contributed by atoms with Crippen LogP contribution in [0.4, 0.5) is 5.69 Å². The van der Waals surface area contributed by atoms with E-state index in [-0.39, 0.29) is 0 Å². The molecule has 2 rings (SSSR count). The standard InChI is InChI=1S/C15H25N3/c1-12(2)14-6-4-5-7-15(14)18-9-8-17-13(11-18)10-16-3/h4-7,12-13,16-17H,8-11H2,1-3H3. The Labute approximate surface area is 111 Å². The van der Waals surface area contributed by atoms with E-state index in [1.165, 1.54) is 11.3 Å². The van der Waals surface area contributed by atoms with E-state index in [0.717, 1.165) is 26.2 Å². The maximum Gasteiger partial charge on any atom is 0.0402 e. The second kappa shape index (κ2) is 6.21. The van der Waals surface area contributed by atoms with Gasteiger partial charge in [-0.25, -0.2) is 0 Å². The van der Waals surface area contributed by atoms with E-state index >= 15 is 0 Å². The fraction of sp³-hybridized carbons (Fsp3) is 0.600. The fourth-order valence-electron chi connectivity index (χ4n) is 2.69. The highest BCUT2D eigenvalue weighted by Crippen LogP contribution is 2.27. The first-order chi connectivity index (χ1) is 8.72. The number of para-hydroxylation sites is 1. The predicted molar refractivity (Wildman–Crippen MR) is 78.5 cm³/mol. The number of hydrogen-bond donors (Lipinski definition) is 2. The first kappa shape index (κ1) is 13.4. The number of piperazine rings is 1. The second-order valence-corrected chi connectivity index (χ2v) is 5.37. The molecule has 0 saturated carbocycles. The van der Waals surface area contributed by atoms with Crippen LogP contribution in [0.3, 0.4) is 0 Å². The third-order valence-corrected chi connectivity index (χ3v) is 3.61. The Balaban J connectivity index is 2.15. The van der Waals surface area contributed by atoms with Gasteiger partial charge >= 0.3 is 0 Å². The zero-order valence-electron chi connectivity index (χ0n) is 11.7. The van der Waals surface area contributed by atoms with Gasteiger partial charge in [0.15, 0.2) is 0 Å². The minimum Gasteiger partial charge on any atom is -0.368 e. The lowest BCUT2D eigenvalue weighted by atomic mass is 9.99. The molecular formula is C15H25N3. The van der Waals surface area contributed by atoms with E-state index < -0.39 is 0 Å². The van der Waals surface area contributed by atoms with E-state index in [0.29, 0.717) is 12.0 Å². The van der Waals surface area contributed by atoms with Crippen LogP contribution in [0.1, 0.15) is 25.3 Å². The smallest absolute Gasteiger partial charge is 0.0402 e. The lowest BCUT2D eigenvalue weighted by molar-refractivity contribution is 0.442. The lowest BCUT2D eigenvalue weighted by Gasteiger charge is -2.36. The number of benzene rings is 1. The third kappa shape index (κ3) is 3.03. The number of hydrogen-bond acceptors (Lipinski definition) is 3. The number of nitrogens with zero attached hydrogens (tertiary/aromatic N) is 1. The Morgan fingerprint density at radius 3 is 2.89 bits per heavy atom. The average molecular weight is 247 g/mol. The van der Waals surface area contributed by atoms with Crippen molar-refractivity contribution in [2.75, 3.05) is 38.1 Å². The minimum absolute atomic E-state index is 0.545. The summed E-state index contributed by atoms with van der Waals surface area (Å²) in [6.07, 6.45) is 0. The van der Waals surface area contributed by atoms with Crippen molar-refractivity contribution in [2.45, 2.75) is 25.8 Å². The molecular weight excluding hydrogens is 222 g/mol. The van der Waals surface area contributed by atoms with Crippen LogP contribution in [-0.4, -0.2) is 39.3 Å². The van der Waals surface area contributed by atoms with E-state index in [9.17, 15) is 0 Å². The molecule has 0 amide bonds. The van der Waals surface area contributed by atoms with Gasteiger partial charge in [-0.05, 0) is 24.6 Å². The van der Waals surface area contributed by atoms with Crippen LogP contribution in [0.15, 0.2) is 24.3 Å². The van der Waals surface area contributed by atoms with Crippen LogP contribution < -0.4 is 15.5 Å². The summed E-state index contributed by atoms with van der Waals surface area (Å²) >= 11 is 0. The summed E-state index contributed by atoms with van der Waals surface area (Å²) in [6.45, 7) is 8.83. The second-order valence-electron chi connectivity index (χ2n) is 5.37. The van der Waals surface area contributed by atoms with Gasteiger partial charge in [0.2, 0.25) is 0 Å². The van der Waals surface area contributed by atoms with E-state index in [4.69, 9.17) is 0 Å². The molecule has 3 heteroatoms. The van der Waals surface area contributed by atoms with Crippen molar-refractivity contribution >= 4 is 5.69 Å². The molecule has 0 aromatic heterocycles. The first-order valence-electron chi connectivity index (χ1n) is 6.94. The van der Waals surface area contributed by atoms with Gasteiger partial charge in [-0.15, -0.1) is 0 Å². The largest absolute Gasteiger partial charge is 0.368 e. The van der Waals surface area contributed by atoms with E-state index in [1.54, 1.807) is 0 Å². The van der Waals surface area contributed by atoms with Crippen molar-refractivity contribution in [3.05, 3.63) is 29.8 Å². The lowest BCUT2D eigenvalue weighted by Crippen LogP contribution is -2.54. The van der Waals surface area contributed by atoms with Crippen LogP contribution >= 0.6 is 0 Å². The molecule has 0 bridgehead atoms. The van der Waals surface area contributed by atoms with Crippen LogP contribution in [0.2, 0.25) is 0 Å². The van der Waals surface area contributed by atoms with Gasteiger partial charge in [-0.1, -0.05) is 32.0 Å². The molecule has 3 nitrogen and oxygen atoms in total.